The quantitative estimate of drug-likeness (QED) is 0.401. The molecule has 0 spiro atoms. The van der Waals surface area contributed by atoms with Crippen molar-refractivity contribution in [1.29, 1.82) is 0 Å². The second-order valence-corrected chi connectivity index (χ2v) is 8.52. The second-order valence-electron chi connectivity index (χ2n) is 7.05. The highest BCUT2D eigenvalue weighted by Gasteiger charge is 2.32. The highest BCUT2D eigenvalue weighted by atomic mass is 35.5. The number of alkyl halides is 3. The maximum atomic E-state index is 13.6. The van der Waals surface area contributed by atoms with E-state index in [1.165, 1.54) is 35.7 Å². The lowest BCUT2D eigenvalue weighted by atomic mass is 10.1. The first kappa shape index (κ1) is 23.7. The number of hydrogen-bond acceptors (Lipinski definition) is 4. The summed E-state index contributed by atoms with van der Waals surface area (Å²) in [7, 11) is 0. The molecule has 0 atom stereocenters. The Balaban J connectivity index is 1.80. The third kappa shape index (κ3) is 5.63. The van der Waals surface area contributed by atoms with Gasteiger partial charge in [0.25, 0.3) is 11.8 Å². The molecule has 0 aliphatic rings. The van der Waals surface area contributed by atoms with E-state index in [9.17, 15) is 27.2 Å². The van der Waals surface area contributed by atoms with Crippen LogP contribution in [-0.2, 0) is 6.18 Å². The van der Waals surface area contributed by atoms with E-state index < -0.39 is 34.9 Å². The maximum Gasteiger partial charge on any atom is 0.416 e. The molecule has 3 rings (SSSR count). The number of amides is 2. The minimum absolute atomic E-state index is 0.0270. The summed E-state index contributed by atoms with van der Waals surface area (Å²) in [6.07, 6.45) is -3.30. The van der Waals surface area contributed by atoms with E-state index in [2.05, 4.69) is 15.6 Å². The fourth-order valence-electron chi connectivity index (χ4n) is 2.66. The molecule has 2 aromatic carbocycles. The van der Waals surface area contributed by atoms with Crippen molar-refractivity contribution in [2.75, 3.05) is 10.6 Å². The molecule has 0 bridgehead atoms. The first-order valence-corrected chi connectivity index (χ1v) is 10.4. The van der Waals surface area contributed by atoms with Crippen molar-refractivity contribution in [2.24, 2.45) is 0 Å². The van der Waals surface area contributed by atoms with Crippen molar-refractivity contribution in [3.63, 3.8) is 0 Å². The van der Waals surface area contributed by atoms with Crippen LogP contribution in [-0.4, -0.2) is 16.8 Å². The Morgan fingerprint density at radius 1 is 1.06 bits per heavy atom. The Morgan fingerprint density at radius 2 is 1.78 bits per heavy atom. The maximum absolute atomic E-state index is 13.6. The van der Waals surface area contributed by atoms with Crippen molar-refractivity contribution in [1.82, 2.24) is 4.98 Å². The van der Waals surface area contributed by atoms with E-state index in [0.717, 1.165) is 5.01 Å². The summed E-state index contributed by atoms with van der Waals surface area (Å²) in [4.78, 5) is 29.2. The molecule has 11 heteroatoms. The molecule has 2 amide bonds. The van der Waals surface area contributed by atoms with Gasteiger partial charge in [0.05, 0.1) is 27.4 Å². The van der Waals surface area contributed by atoms with Gasteiger partial charge in [-0.3, -0.25) is 9.59 Å². The van der Waals surface area contributed by atoms with Crippen LogP contribution in [0.2, 0.25) is 5.02 Å². The van der Waals surface area contributed by atoms with Gasteiger partial charge in [0.15, 0.2) is 0 Å². The summed E-state index contributed by atoms with van der Waals surface area (Å²) in [5, 5.41) is 6.45. The highest BCUT2D eigenvalue weighted by molar-refractivity contribution is 7.15. The van der Waals surface area contributed by atoms with Gasteiger partial charge < -0.3 is 10.6 Å². The van der Waals surface area contributed by atoms with Gasteiger partial charge in [-0.15, -0.1) is 11.3 Å². The van der Waals surface area contributed by atoms with E-state index in [1.807, 2.05) is 13.8 Å². The second kappa shape index (κ2) is 9.25. The van der Waals surface area contributed by atoms with Crippen molar-refractivity contribution >= 4 is 45.4 Å². The minimum Gasteiger partial charge on any atom is -0.322 e. The molecule has 0 aliphatic carbocycles. The number of hydrogen-bond donors (Lipinski definition) is 2. The molecule has 32 heavy (non-hydrogen) atoms. The lowest BCUT2D eigenvalue weighted by Gasteiger charge is -2.11. The number of anilines is 2. The van der Waals surface area contributed by atoms with Crippen molar-refractivity contribution in [2.45, 2.75) is 25.9 Å². The number of carbonyl (C=O) groups is 2. The van der Waals surface area contributed by atoms with Gasteiger partial charge in [-0.25, -0.2) is 9.37 Å². The number of benzene rings is 2. The normalized spacial score (nSPS) is 11.5. The summed E-state index contributed by atoms with van der Waals surface area (Å²) in [6.45, 7) is 3.92. The molecule has 0 saturated heterocycles. The van der Waals surface area contributed by atoms with Crippen LogP contribution in [0.4, 0.5) is 28.3 Å². The van der Waals surface area contributed by atoms with Crippen LogP contribution in [0.25, 0.3) is 0 Å². The van der Waals surface area contributed by atoms with Gasteiger partial charge in [0.2, 0.25) is 0 Å². The molecule has 1 aromatic heterocycles. The van der Waals surface area contributed by atoms with Crippen LogP contribution in [0, 0.1) is 5.82 Å². The van der Waals surface area contributed by atoms with Gasteiger partial charge in [-0.05, 0) is 36.4 Å². The highest BCUT2D eigenvalue weighted by Crippen LogP contribution is 2.31. The standard InChI is InChI=1S/C21H16ClF4N3O2S/c1-10(2)20-27-9-17(32-20)29-19(31)15-8-14(3-4-16(15)22)28-18(30)11-5-12(21(24,25)26)7-13(23)6-11/h3-10H,1-2H3,(H,28,30)(H,29,31). The van der Waals surface area contributed by atoms with Crippen LogP contribution >= 0.6 is 22.9 Å². The minimum atomic E-state index is -4.81. The van der Waals surface area contributed by atoms with Crippen LogP contribution in [0.1, 0.15) is 51.1 Å². The summed E-state index contributed by atoms with van der Waals surface area (Å²) >= 11 is 7.40. The summed E-state index contributed by atoms with van der Waals surface area (Å²) < 4.78 is 52.2. The largest absolute Gasteiger partial charge is 0.416 e. The Morgan fingerprint density at radius 3 is 2.41 bits per heavy atom. The smallest absolute Gasteiger partial charge is 0.322 e. The Hall–Kier alpha value is -2.98. The van der Waals surface area contributed by atoms with E-state index in [0.29, 0.717) is 23.2 Å². The third-order valence-electron chi connectivity index (χ3n) is 4.21. The molecule has 0 radical (unpaired) electrons. The summed E-state index contributed by atoms with van der Waals surface area (Å²) in [5.74, 6) is -2.55. The molecular formula is C21H16ClF4N3O2S. The molecule has 0 aliphatic heterocycles. The molecule has 2 N–H and O–H groups in total. The lowest BCUT2D eigenvalue weighted by molar-refractivity contribution is -0.137. The van der Waals surface area contributed by atoms with Gasteiger partial charge >= 0.3 is 6.18 Å². The van der Waals surface area contributed by atoms with Crippen LogP contribution in [0.5, 0.6) is 0 Å². The SMILES string of the molecule is CC(C)c1ncc(NC(=O)c2cc(NC(=O)c3cc(F)cc(C(F)(F)F)c3)ccc2Cl)s1. The zero-order valence-electron chi connectivity index (χ0n) is 16.7. The topological polar surface area (TPSA) is 71.1 Å². The van der Waals surface area contributed by atoms with E-state index in [4.69, 9.17) is 11.6 Å². The molecule has 0 fully saturated rings. The number of rotatable bonds is 5. The molecule has 5 nitrogen and oxygen atoms in total. The number of carbonyl (C=O) groups excluding carboxylic acids is 2. The van der Waals surface area contributed by atoms with E-state index in [1.54, 1.807) is 0 Å². The summed E-state index contributed by atoms with van der Waals surface area (Å²) in [6, 6.07) is 5.51. The summed E-state index contributed by atoms with van der Waals surface area (Å²) in [5.41, 5.74) is -1.69. The first-order chi connectivity index (χ1) is 14.9. The van der Waals surface area contributed by atoms with Crippen molar-refractivity contribution < 1.29 is 27.2 Å². The zero-order valence-corrected chi connectivity index (χ0v) is 18.3. The monoisotopic (exact) mass is 485 g/mol. The van der Waals surface area contributed by atoms with Crippen LogP contribution in [0.15, 0.2) is 42.6 Å². The first-order valence-electron chi connectivity index (χ1n) is 9.20. The predicted octanol–water partition coefficient (Wildman–Crippen LogP) is 6.58. The van der Waals surface area contributed by atoms with Crippen LogP contribution in [0.3, 0.4) is 0 Å². The van der Waals surface area contributed by atoms with Gasteiger partial charge in [-0.2, -0.15) is 13.2 Å². The molecule has 1 heterocycles. The number of halogens is 5. The number of nitrogens with one attached hydrogen (secondary N) is 2. The fraction of sp³-hybridized carbons (Fsp3) is 0.190. The predicted molar refractivity (Wildman–Crippen MR) is 115 cm³/mol. The van der Waals surface area contributed by atoms with E-state index in [-0.39, 0.29) is 22.2 Å². The number of aromatic nitrogens is 1. The fourth-order valence-corrected chi connectivity index (χ4v) is 3.68. The Bertz CT molecular complexity index is 1180. The number of nitrogens with zero attached hydrogens (tertiary/aromatic N) is 1. The van der Waals surface area contributed by atoms with Crippen LogP contribution < -0.4 is 10.6 Å². The van der Waals surface area contributed by atoms with Gasteiger partial charge in [0, 0.05) is 17.2 Å². The van der Waals surface area contributed by atoms with Gasteiger partial charge in [-0.1, -0.05) is 25.4 Å². The average Bonchev–Trinajstić information content (AvgIpc) is 3.17. The molecule has 0 unspecified atom stereocenters. The van der Waals surface area contributed by atoms with Gasteiger partial charge in [0.1, 0.15) is 10.8 Å². The number of thiazole rings is 1. The van der Waals surface area contributed by atoms with Crippen molar-refractivity contribution in [3.05, 3.63) is 75.1 Å². The molecule has 3 aromatic rings. The Labute approximate surface area is 189 Å². The van der Waals surface area contributed by atoms with Crippen molar-refractivity contribution in [3.8, 4) is 0 Å². The average molecular weight is 486 g/mol. The molecule has 0 saturated carbocycles. The molecule has 168 valence electrons. The molecular weight excluding hydrogens is 470 g/mol. The zero-order chi connectivity index (χ0) is 23.6. The third-order valence-corrected chi connectivity index (χ3v) is 5.75. The Kier molecular flexibility index (Phi) is 6.85. The van der Waals surface area contributed by atoms with E-state index >= 15 is 0 Å². The lowest BCUT2D eigenvalue weighted by Crippen LogP contribution is -2.16.